The normalized spacial score (nSPS) is 14.7. The number of para-hydroxylation sites is 1. The lowest BCUT2D eigenvalue weighted by Gasteiger charge is -2.12. The number of methoxy groups -OCH3 is 1. The molecule has 7 nitrogen and oxygen atoms in total. The maximum Gasteiger partial charge on any atom is 0.280 e. The van der Waals surface area contributed by atoms with Gasteiger partial charge in [-0.15, -0.1) is 0 Å². The fraction of sp³-hybridized carbons (Fsp3) is 0.0909. The van der Waals surface area contributed by atoms with Crippen LogP contribution in [0.15, 0.2) is 65.4 Å². The van der Waals surface area contributed by atoms with Crippen molar-refractivity contribution in [2.45, 2.75) is 6.92 Å². The van der Waals surface area contributed by atoms with Gasteiger partial charge in [-0.05, 0) is 54.4 Å². The van der Waals surface area contributed by atoms with Crippen molar-refractivity contribution in [1.82, 2.24) is 9.97 Å². The number of nitrogens with zero attached hydrogens (tertiary/aromatic N) is 4. The van der Waals surface area contributed by atoms with E-state index in [0.717, 1.165) is 6.20 Å². The molecule has 9 heteroatoms. The Kier molecular flexibility index (Phi) is 5.64. The number of halogens is 2. The molecule has 0 bridgehead atoms. The van der Waals surface area contributed by atoms with Crippen LogP contribution in [0, 0.1) is 5.82 Å². The molecule has 0 spiro atoms. The number of rotatable bonds is 5. The molecule has 0 saturated heterocycles. The molecular formula is C22H16ClFN4O3. The summed E-state index contributed by atoms with van der Waals surface area (Å²) in [6, 6.07) is 14.1. The Morgan fingerprint density at radius 1 is 1.13 bits per heavy atom. The summed E-state index contributed by atoms with van der Waals surface area (Å²) in [5, 5.41) is 5.55. The van der Waals surface area contributed by atoms with Crippen molar-refractivity contribution in [3.8, 4) is 17.4 Å². The fourth-order valence-corrected chi connectivity index (χ4v) is 3.09. The van der Waals surface area contributed by atoms with Crippen molar-refractivity contribution in [2.24, 2.45) is 5.10 Å². The van der Waals surface area contributed by atoms with Crippen molar-refractivity contribution in [1.29, 1.82) is 0 Å². The quantitative estimate of drug-likeness (QED) is 0.419. The van der Waals surface area contributed by atoms with Gasteiger partial charge in [0.05, 0.1) is 30.3 Å². The Morgan fingerprint density at radius 2 is 1.90 bits per heavy atom. The number of benzene rings is 2. The number of hydrazone groups is 1. The van der Waals surface area contributed by atoms with E-state index in [9.17, 15) is 9.18 Å². The van der Waals surface area contributed by atoms with Crippen LogP contribution in [0.2, 0.25) is 5.28 Å². The summed E-state index contributed by atoms with van der Waals surface area (Å²) in [6.07, 6.45) is 2.60. The molecule has 1 amide bonds. The van der Waals surface area contributed by atoms with Crippen molar-refractivity contribution >= 4 is 35.0 Å². The van der Waals surface area contributed by atoms with Gasteiger partial charge in [0.25, 0.3) is 11.8 Å². The largest absolute Gasteiger partial charge is 0.493 e. The van der Waals surface area contributed by atoms with E-state index in [4.69, 9.17) is 21.1 Å². The molecule has 0 fully saturated rings. The molecule has 0 atom stereocenters. The number of anilines is 1. The third-order valence-electron chi connectivity index (χ3n) is 4.45. The zero-order valence-electron chi connectivity index (χ0n) is 16.5. The highest BCUT2D eigenvalue weighted by Crippen LogP contribution is 2.34. The molecule has 2 heterocycles. The third kappa shape index (κ3) is 4.24. The van der Waals surface area contributed by atoms with E-state index in [1.54, 1.807) is 43.3 Å². The van der Waals surface area contributed by atoms with E-state index in [-0.39, 0.29) is 22.8 Å². The van der Waals surface area contributed by atoms with E-state index in [1.165, 1.54) is 12.1 Å². The number of amides is 1. The van der Waals surface area contributed by atoms with Gasteiger partial charge in [-0.25, -0.2) is 4.98 Å². The van der Waals surface area contributed by atoms with Crippen molar-refractivity contribution in [3.63, 3.8) is 0 Å². The third-order valence-corrected chi connectivity index (χ3v) is 4.63. The first-order chi connectivity index (χ1) is 15.0. The monoisotopic (exact) mass is 438 g/mol. The molecule has 1 aliphatic rings. The van der Waals surface area contributed by atoms with Crippen LogP contribution < -0.4 is 14.5 Å². The first kappa shape index (κ1) is 20.5. The smallest absolute Gasteiger partial charge is 0.280 e. The Labute approximate surface area is 182 Å². The van der Waals surface area contributed by atoms with Crippen LogP contribution in [0.4, 0.5) is 10.1 Å². The summed E-state index contributed by atoms with van der Waals surface area (Å²) in [7, 11) is 1.46. The predicted octanol–water partition coefficient (Wildman–Crippen LogP) is 4.88. The molecule has 4 rings (SSSR count). The van der Waals surface area contributed by atoms with Gasteiger partial charge < -0.3 is 9.47 Å². The van der Waals surface area contributed by atoms with Gasteiger partial charge in [0.2, 0.25) is 11.1 Å². The molecule has 1 aromatic heterocycles. The average molecular weight is 439 g/mol. The first-order valence-electron chi connectivity index (χ1n) is 9.17. The van der Waals surface area contributed by atoms with Gasteiger partial charge in [-0.1, -0.05) is 24.3 Å². The van der Waals surface area contributed by atoms with E-state index >= 15 is 0 Å². The van der Waals surface area contributed by atoms with Gasteiger partial charge in [0, 0.05) is 0 Å². The second-order valence-corrected chi connectivity index (χ2v) is 6.84. The van der Waals surface area contributed by atoms with Gasteiger partial charge in [-0.3, -0.25) is 4.79 Å². The molecule has 0 N–H and O–H groups in total. The minimum absolute atomic E-state index is 0.155. The minimum Gasteiger partial charge on any atom is -0.493 e. The summed E-state index contributed by atoms with van der Waals surface area (Å²) < 4.78 is 24.9. The molecule has 156 valence electrons. The van der Waals surface area contributed by atoms with Crippen LogP contribution in [0.25, 0.3) is 6.08 Å². The molecule has 3 aromatic rings. The fourth-order valence-electron chi connectivity index (χ4n) is 2.96. The number of carbonyl (C=O) groups excluding carboxylic acids is 1. The molecule has 1 aliphatic heterocycles. The summed E-state index contributed by atoms with van der Waals surface area (Å²) in [6.45, 7) is 1.76. The Hall–Kier alpha value is -3.78. The summed E-state index contributed by atoms with van der Waals surface area (Å²) >= 11 is 5.73. The number of carbonyl (C=O) groups is 1. The minimum atomic E-state index is -0.775. The summed E-state index contributed by atoms with van der Waals surface area (Å²) in [4.78, 5) is 20.2. The number of hydrogen-bond acceptors (Lipinski definition) is 6. The van der Waals surface area contributed by atoms with E-state index in [2.05, 4.69) is 15.1 Å². The first-order valence-corrected chi connectivity index (χ1v) is 9.55. The molecule has 2 aromatic carbocycles. The van der Waals surface area contributed by atoms with E-state index < -0.39 is 5.82 Å². The molecule has 0 radical (unpaired) electrons. The Balaban J connectivity index is 1.67. The zero-order chi connectivity index (χ0) is 22.0. The topological polar surface area (TPSA) is 76.9 Å². The van der Waals surface area contributed by atoms with Crippen LogP contribution >= 0.6 is 11.6 Å². The molecular weight excluding hydrogens is 423 g/mol. The van der Waals surface area contributed by atoms with E-state index in [1.807, 2.05) is 18.2 Å². The van der Waals surface area contributed by atoms with Crippen LogP contribution in [0.5, 0.6) is 17.4 Å². The lowest BCUT2D eigenvalue weighted by Crippen LogP contribution is -2.21. The second kappa shape index (κ2) is 8.53. The highest BCUT2D eigenvalue weighted by atomic mass is 35.5. The zero-order valence-corrected chi connectivity index (χ0v) is 17.3. The van der Waals surface area contributed by atoms with Gasteiger partial charge >= 0.3 is 0 Å². The van der Waals surface area contributed by atoms with Gasteiger partial charge in [0.15, 0.2) is 11.5 Å². The molecule has 0 aliphatic carbocycles. The number of aromatic nitrogens is 2. The number of hydrogen-bond donors (Lipinski definition) is 0. The lowest BCUT2D eigenvalue weighted by atomic mass is 10.1. The van der Waals surface area contributed by atoms with E-state index in [0.29, 0.717) is 28.3 Å². The van der Waals surface area contributed by atoms with Crippen LogP contribution in [-0.4, -0.2) is 28.7 Å². The van der Waals surface area contributed by atoms with Crippen LogP contribution in [0.1, 0.15) is 12.5 Å². The Morgan fingerprint density at radius 3 is 2.65 bits per heavy atom. The lowest BCUT2D eigenvalue weighted by molar-refractivity contribution is -0.114. The highest BCUT2D eigenvalue weighted by molar-refractivity contribution is 6.32. The van der Waals surface area contributed by atoms with Crippen LogP contribution in [0.3, 0.4) is 0 Å². The summed E-state index contributed by atoms with van der Waals surface area (Å²) in [5.41, 5.74) is 2.30. The SMILES string of the molecule is COc1ccc(/C=C2\C(=O)N(c3ccccc3)N=C2C)cc1Oc1nc(Cl)ncc1F. The maximum absolute atomic E-state index is 14.0. The number of ether oxygens (including phenoxy) is 2. The van der Waals surface area contributed by atoms with Gasteiger partial charge in [0.1, 0.15) is 0 Å². The maximum atomic E-state index is 14.0. The predicted molar refractivity (Wildman–Crippen MR) is 115 cm³/mol. The van der Waals surface area contributed by atoms with Crippen molar-refractivity contribution in [3.05, 3.63) is 77.0 Å². The molecule has 31 heavy (non-hydrogen) atoms. The van der Waals surface area contributed by atoms with Crippen LogP contribution in [-0.2, 0) is 4.79 Å². The standard InChI is InChI=1S/C22H16ClFN4O3/c1-13-16(21(29)28(27-13)15-6-4-3-5-7-15)10-14-8-9-18(30-2)19(11-14)31-20-17(24)12-25-22(23)26-20/h3-12H,1-2H3/b16-10-. The summed E-state index contributed by atoms with van der Waals surface area (Å²) in [5.74, 6) is -0.817. The molecule has 0 unspecified atom stereocenters. The molecule has 0 saturated carbocycles. The highest BCUT2D eigenvalue weighted by Gasteiger charge is 2.28. The van der Waals surface area contributed by atoms with Crippen molar-refractivity contribution < 1.29 is 18.7 Å². The Bertz CT molecular complexity index is 1210. The van der Waals surface area contributed by atoms with Gasteiger partial charge in [-0.2, -0.15) is 19.5 Å². The second-order valence-electron chi connectivity index (χ2n) is 6.50. The van der Waals surface area contributed by atoms with Crippen molar-refractivity contribution in [2.75, 3.05) is 12.1 Å². The average Bonchev–Trinajstić information content (AvgIpc) is 3.05.